The van der Waals surface area contributed by atoms with E-state index >= 15 is 0 Å². The third-order valence-electron chi connectivity index (χ3n) is 4.14. The summed E-state index contributed by atoms with van der Waals surface area (Å²) < 4.78 is 7.28. The molecule has 2 aromatic heterocycles. The van der Waals surface area contributed by atoms with Gasteiger partial charge in [-0.3, -0.25) is 9.36 Å². The maximum absolute atomic E-state index is 12.2. The first-order valence-corrected chi connectivity index (χ1v) is 11.0. The minimum absolute atomic E-state index is 0.00543. The van der Waals surface area contributed by atoms with Gasteiger partial charge >= 0.3 is 0 Å². The lowest BCUT2D eigenvalue weighted by atomic mass is 10.2. The first kappa shape index (κ1) is 20.4. The van der Waals surface area contributed by atoms with Crippen LogP contribution in [0.1, 0.15) is 24.8 Å². The largest absolute Gasteiger partial charge is 0.497 e. The topological polar surface area (TPSA) is 69.0 Å². The van der Waals surface area contributed by atoms with Crippen molar-refractivity contribution in [3.63, 3.8) is 0 Å². The SMILES string of the molecule is COc1ccc(-c2nnc(SCC(=O)NCCc3cccs3)n2C(C)C)cc1. The summed E-state index contributed by atoms with van der Waals surface area (Å²) >= 11 is 3.12. The highest BCUT2D eigenvalue weighted by Crippen LogP contribution is 2.28. The van der Waals surface area contributed by atoms with Gasteiger partial charge in [0.05, 0.1) is 12.9 Å². The number of benzene rings is 1. The molecule has 0 atom stereocenters. The molecular formula is C20H24N4O2S2. The van der Waals surface area contributed by atoms with Crippen molar-refractivity contribution in [1.29, 1.82) is 0 Å². The summed E-state index contributed by atoms with van der Waals surface area (Å²) in [5, 5.41) is 14.4. The number of aromatic nitrogens is 3. The van der Waals surface area contributed by atoms with E-state index in [1.54, 1.807) is 18.4 Å². The summed E-state index contributed by atoms with van der Waals surface area (Å²) in [5.41, 5.74) is 0.967. The Labute approximate surface area is 173 Å². The van der Waals surface area contributed by atoms with Crippen molar-refractivity contribution in [3.8, 4) is 17.1 Å². The molecule has 1 aromatic carbocycles. The fraction of sp³-hybridized carbons (Fsp3) is 0.350. The molecule has 0 saturated carbocycles. The predicted octanol–water partition coefficient (Wildman–Crippen LogP) is 4.05. The second kappa shape index (κ2) is 9.75. The number of thiophene rings is 1. The van der Waals surface area contributed by atoms with E-state index in [9.17, 15) is 4.79 Å². The summed E-state index contributed by atoms with van der Waals surface area (Å²) in [4.78, 5) is 13.4. The highest BCUT2D eigenvalue weighted by Gasteiger charge is 2.17. The van der Waals surface area contributed by atoms with E-state index in [4.69, 9.17) is 4.74 Å². The van der Waals surface area contributed by atoms with Crippen LogP contribution in [0.15, 0.2) is 46.9 Å². The first-order valence-electron chi connectivity index (χ1n) is 9.09. The van der Waals surface area contributed by atoms with Crippen LogP contribution in [0.25, 0.3) is 11.4 Å². The van der Waals surface area contributed by atoms with Gasteiger partial charge in [-0.2, -0.15) is 0 Å². The molecule has 0 spiro atoms. The monoisotopic (exact) mass is 416 g/mol. The van der Waals surface area contributed by atoms with Gasteiger partial charge < -0.3 is 10.1 Å². The van der Waals surface area contributed by atoms with Crippen LogP contribution in [0.5, 0.6) is 5.75 Å². The van der Waals surface area contributed by atoms with E-state index in [2.05, 4.69) is 40.0 Å². The molecule has 0 aliphatic heterocycles. The van der Waals surface area contributed by atoms with Crippen LogP contribution < -0.4 is 10.1 Å². The van der Waals surface area contributed by atoms with E-state index in [0.717, 1.165) is 28.7 Å². The van der Waals surface area contributed by atoms with Gasteiger partial charge in [-0.25, -0.2) is 0 Å². The van der Waals surface area contributed by atoms with Crippen LogP contribution in [0, 0.1) is 0 Å². The molecule has 28 heavy (non-hydrogen) atoms. The lowest BCUT2D eigenvalue weighted by Crippen LogP contribution is -2.27. The standard InChI is InChI=1S/C20H24N4O2S2/c1-14(2)24-19(15-6-8-16(26-3)9-7-15)22-23-20(24)28-13-18(25)21-11-10-17-5-4-12-27-17/h4-9,12,14H,10-11,13H2,1-3H3,(H,21,25). The smallest absolute Gasteiger partial charge is 0.230 e. The number of nitrogens with one attached hydrogen (secondary N) is 1. The number of thioether (sulfide) groups is 1. The summed E-state index contributed by atoms with van der Waals surface area (Å²) in [5.74, 6) is 1.91. The van der Waals surface area contributed by atoms with Crippen molar-refractivity contribution in [2.75, 3.05) is 19.4 Å². The van der Waals surface area contributed by atoms with Crippen molar-refractivity contribution in [2.24, 2.45) is 0 Å². The van der Waals surface area contributed by atoms with Gasteiger partial charge in [-0.1, -0.05) is 17.8 Å². The number of carbonyl (C=O) groups is 1. The van der Waals surface area contributed by atoms with Crippen LogP contribution in [0.2, 0.25) is 0 Å². The van der Waals surface area contributed by atoms with Gasteiger partial charge in [0, 0.05) is 23.0 Å². The Bertz CT molecular complexity index is 890. The van der Waals surface area contributed by atoms with Gasteiger partial charge in [-0.05, 0) is 56.0 Å². The normalized spacial score (nSPS) is 11.0. The maximum Gasteiger partial charge on any atom is 0.230 e. The number of ether oxygens (including phenoxy) is 1. The molecule has 8 heteroatoms. The Kier molecular flexibility index (Phi) is 7.11. The van der Waals surface area contributed by atoms with Crippen molar-refractivity contribution in [3.05, 3.63) is 46.7 Å². The number of carbonyl (C=O) groups excluding carboxylic acids is 1. The Morgan fingerprint density at radius 2 is 2.04 bits per heavy atom. The van der Waals surface area contributed by atoms with E-state index in [1.165, 1.54) is 16.6 Å². The van der Waals surface area contributed by atoms with Gasteiger partial charge in [-0.15, -0.1) is 21.5 Å². The molecule has 3 rings (SSSR count). The number of nitrogens with zero attached hydrogens (tertiary/aromatic N) is 3. The number of amides is 1. The third-order valence-corrected chi connectivity index (χ3v) is 6.01. The van der Waals surface area contributed by atoms with Crippen LogP contribution in [0.3, 0.4) is 0 Å². The Morgan fingerprint density at radius 3 is 2.68 bits per heavy atom. The van der Waals surface area contributed by atoms with E-state index in [0.29, 0.717) is 12.3 Å². The summed E-state index contributed by atoms with van der Waals surface area (Å²) in [7, 11) is 1.64. The average Bonchev–Trinajstić information content (AvgIpc) is 3.36. The Morgan fingerprint density at radius 1 is 1.25 bits per heavy atom. The minimum Gasteiger partial charge on any atom is -0.497 e. The molecule has 148 valence electrons. The fourth-order valence-electron chi connectivity index (χ4n) is 2.74. The third kappa shape index (κ3) is 5.14. The lowest BCUT2D eigenvalue weighted by molar-refractivity contribution is -0.118. The number of hydrogen-bond acceptors (Lipinski definition) is 6. The molecule has 0 aliphatic carbocycles. The van der Waals surface area contributed by atoms with Crippen molar-refractivity contribution in [2.45, 2.75) is 31.5 Å². The summed E-state index contributed by atoms with van der Waals surface area (Å²) in [6.45, 7) is 4.82. The molecule has 6 nitrogen and oxygen atoms in total. The lowest BCUT2D eigenvalue weighted by Gasteiger charge is -2.14. The van der Waals surface area contributed by atoms with Crippen molar-refractivity contribution < 1.29 is 9.53 Å². The fourth-order valence-corrected chi connectivity index (χ4v) is 4.35. The zero-order valence-electron chi connectivity index (χ0n) is 16.2. The molecule has 0 radical (unpaired) electrons. The Hall–Kier alpha value is -2.32. The molecule has 0 bridgehead atoms. The molecule has 1 N–H and O–H groups in total. The summed E-state index contributed by atoms with van der Waals surface area (Å²) in [6, 6.07) is 12.0. The van der Waals surface area contributed by atoms with Gasteiger partial charge in [0.2, 0.25) is 5.91 Å². The van der Waals surface area contributed by atoms with Crippen LogP contribution in [0.4, 0.5) is 0 Å². The molecule has 2 heterocycles. The Balaban J connectivity index is 1.61. The summed E-state index contributed by atoms with van der Waals surface area (Å²) in [6.07, 6.45) is 0.859. The van der Waals surface area contributed by atoms with Crippen molar-refractivity contribution in [1.82, 2.24) is 20.1 Å². The van der Waals surface area contributed by atoms with E-state index in [-0.39, 0.29) is 11.9 Å². The van der Waals surface area contributed by atoms with Gasteiger partial charge in [0.1, 0.15) is 5.75 Å². The highest BCUT2D eigenvalue weighted by molar-refractivity contribution is 7.99. The highest BCUT2D eigenvalue weighted by atomic mass is 32.2. The second-order valence-electron chi connectivity index (χ2n) is 6.47. The number of methoxy groups -OCH3 is 1. The van der Waals surface area contributed by atoms with Crippen LogP contribution in [-0.4, -0.2) is 40.1 Å². The molecule has 0 aliphatic rings. The second-order valence-corrected chi connectivity index (χ2v) is 8.44. The van der Waals surface area contributed by atoms with Gasteiger partial charge in [0.15, 0.2) is 11.0 Å². The predicted molar refractivity (Wildman–Crippen MR) is 114 cm³/mol. The molecule has 1 amide bonds. The molecular weight excluding hydrogens is 392 g/mol. The average molecular weight is 417 g/mol. The van der Waals surface area contributed by atoms with Crippen LogP contribution in [-0.2, 0) is 11.2 Å². The zero-order chi connectivity index (χ0) is 19.9. The quantitative estimate of drug-likeness (QED) is 0.533. The van der Waals surface area contributed by atoms with E-state index in [1.807, 2.05) is 35.7 Å². The van der Waals surface area contributed by atoms with Crippen molar-refractivity contribution >= 4 is 29.0 Å². The first-order chi connectivity index (χ1) is 13.6. The zero-order valence-corrected chi connectivity index (χ0v) is 17.8. The number of hydrogen-bond donors (Lipinski definition) is 1. The minimum atomic E-state index is 0.00543. The van der Waals surface area contributed by atoms with E-state index < -0.39 is 0 Å². The van der Waals surface area contributed by atoms with Gasteiger partial charge in [0.25, 0.3) is 0 Å². The molecule has 3 aromatic rings. The van der Waals surface area contributed by atoms with Crippen LogP contribution >= 0.6 is 23.1 Å². The molecule has 0 saturated heterocycles. The maximum atomic E-state index is 12.2. The molecule has 0 fully saturated rings. The molecule has 0 unspecified atom stereocenters. The number of rotatable bonds is 9.